The number of rotatable bonds is 5. The Balaban J connectivity index is 1.52. The molecule has 2 aliphatic rings. The molecular formula is C23H27N3O2. The maximum atomic E-state index is 13.0. The molecule has 0 bridgehead atoms. The standard InChI is InChI=1S/C23H27N3O2/c1-16-9-11-18(12-10-16)26-20(22-19(23(26)28)8-5-13-24-22)14-21(27)25-15-17-6-3-2-4-7-17/h5,8-13,17,20H,2-4,6-7,14-15H2,1H3,(H,25,27). The van der Waals surface area contributed by atoms with Crippen molar-refractivity contribution in [1.29, 1.82) is 0 Å². The number of hydrogen-bond donors (Lipinski definition) is 1. The van der Waals surface area contributed by atoms with Gasteiger partial charge in [-0.05, 0) is 49.9 Å². The van der Waals surface area contributed by atoms with Crippen LogP contribution in [0.15, 0.2) is 42.6 Å². The molecule has 2 aromatic rings. The topological polar surface area (TPSA) is 62.3 Å². The lowest BCUT2D eigenvalue weighted by atomic mass is 9.89. The molecule has 0 radical (unpaired) electrons. The molecule has 5 nitrogen and oxygen atoms in total. The molecular weight excluding hydrogens is 350 g/mol. The Labute approximate surface area is 166 Å². The van der Waals surface area contributed by atoms with Gasteiger partial charge in [0, 0.05) is 18.4 Å². The van der Waals surface area contributed by atoms with Crippen molar-refractivity contribution in [1.82, 2.24) is 10.3 Å². The molecule has 5 heteroatoms. The molecule has 146 valence electrons. The maximum absolute atomic E-state index is 13.0. The smallest absolute Gasteiger partial charge is 0.260 e. The molecule has 2 heterocycles. The van der Waals surface area contributed by atoms with Gasteiger partial charge in [-0.25, -0.2) is 0 Å². The Morgan fingerprint density at radius 3 is 2.64 bits per heavy atom. The van der Waals surface area contributed by atoms with Crippen LogP contribution in [-0.2, 0) is 4.79 Å². The van der Waals surface area contributed by atoms with Gasteiger partial charge in [-0.1, -0.05) is 37.0 Å². The van der Waals surface area contributed by atoms with Crippen LogP contribution in [0.1, 0.15) is 66.2 Å². The zero-order chi connectivity index (χ0) is 19.5. The van der Waals surface area contributed by atoms with Gasteiger partial charge >= 0.3 is 0 Å². The number of aryl methyl sites for hydroxylation is 1. The molecule has 28 heavy (non-hydrogen) atoms. The van der Waals surface area contributed by atoms with Gasteiger partial charge in [-0.2, -0.15) is 0 Å². The van der Waals surface area contributed by atoms with Crippen molar-refractivity contribution in [2.75, 3.05) is 11.4 Å². The predicted octanol–water partition coefficient (Wildman–Crippen LogP) is 4.18. The third kappa shape index (κ3) is 3.79. The first-order valence-corrected chi connectivity index (χ1v) is 10.3. The average molecular weight is 377 g/mol. The molecule has 1 aromatic heterocycles. The highest BCUT2D eigenvalue weighted by atomic mass is 16.2. The third-order valence-corrected chi connectivity index (χ3v) is 5.92. The lowest BCUT2D eigenvalue weighted by Crippen LogP contribution is -2.35. The van der Waals surface area contributed by atoms with Crippen LogP contribution < -0.4 is 10.2 Å². The summed E-state index contributed by atoms with van der Waals surface area (Å²) in [4.78, 5) is 31.9. The van der Waals surface area contributed by atoms with Gasteiger partial charge in [0.25, 0.3) is 5.91 Å². The molecule has 1 aromatic carbocycles. The number of pyridine rings is 1. The van der Waals surface area contributed by atoms with Crippen molar-refractivity contribution < 1.29 is 9.59 Å². The van der Waals surface area contributed by atoms with Gasteiger partial charge in [0.15, 0.2) is 0 Å². The highest BCUT2D eigenvalue weighted by Gasteiger charge is 2.39. The summed E-state index contributed by atoms with van der Waals surface area (Å²) in [6.07, 6.45) is 8.15. The number of benzene rings is 1. The van der Waals surface area contributed by atoms with E-state index in [1.54, 1.807) is 23.2 Å². The lowest BCUT2D eigenvalue weighted by Gasteiger charge is -2.26. The summed E-state index contributed by atoms with van der Waals surface area (Å²) < 4.78 is 0. The van der Waals surface area contributed by atoms with Crippen LogP contribution in [0.4, 0.5) is 5.69 Å². The van der Waals surface area contributed by atoms with Crippen LogP contribution in [0.25, 0.3) is 0 Å². The first kappa shape index (κ1) is 18.7. The normalized spacial score (nSPS) is 19.5. The second-order valence-electron chi connectivity index (χ2n) is 7.97. The van der Waals surface area contributed by atoms with E-state index in [9.17, 15) is 9.59 Å². The van der Waals surface area contributed by atoms with Gasteiger partial charge in [0.2, 0.25) is 5.91 Å². The summed E-state index contributed by atoms with van der Waals surface area (Å²) in [6, 6.07) is 11.1. The van der Waals surface area contributed by atoms with Crippen LogP contribution >= 0.6 is 0 Å². The number of fused-ring (bicyclic) bond motifs is 1. The van der Waals surface area contributed by atoms with Gasteiger partial charge in [-0.3, -0.25) is 19.5 Å². The van der Waals surface area contributed by atoms with Crippen molar-refractivity contribution in [2.24, 2.45) is 5.92 Å². The third-order valence-electron chi connectivity index (χ3n) is 5.92. The van der Waals surface area contributed by atoms with E-state index in [-0.39, 0.29) is 24.3 Å². The number of nitrogens with one attached hydrogen (secondary N) is 1. The molecule has 0 spiro atoms. The number of nitrogens with zero attached hydrogens (tertiary/aromatic N) is 2. The summed E-state index contributed by atoms with van der Waals surface area (Å²) in [5, 5.41) is 3.10. The second-order valence-corrected chi connectivity index (χ2v) is 7.97. The Kier molecular flexibility index (Phi) is 5.42. The zero-order valence-corrected chi connectivity index (χ0v) is 16.4. The highest BCUT2D eigenvalue weighted by molar-refractivity contribution is 6.11. The molecule has 1 N–H and O–H groups in total. The summed E-state index contributed by atoms with van der Waals surface area (Å²) in [7, 11) is 0. The number of anilines is 1. The number of aromatic nitrogens is 1. The number of amides is 2. The Bertz CT molecular complexity index is 856. The molecule has 4 rings (SSSR count). The van der Waals surface area contributed by atoms with Crippen LogP contribution in [0, 0.1) is 12.8 Å². The van der Waals surface area contributed by atoms with E-state index in [1.165, 1.54) is 32.1 Å². The van der Waals surface area contributed by atoms with Gasteiger partial charge in [0.05, 0.1) is 23.7 Å². The summed E-state index contributed by atoms with van der Waals surface area (Å²) in [5.74, 6) is 0.484. The number of carbonyl (C=O) groups is 2. The van der Waals surface area contributed by atoms with E-state index in [0.29, 0.717) is 17.2 Å². The van der Waals surface area contributed by atoms with Crippen LogP contribution in [0.2, 0.25) is 0 Å². The minimum absolute atomic E-state index is 0.0148. The van der Waals surface area contributed by atoms with Crippen molar-refractivity contribution in [3.05, 3.63) is 59.4 Å². The van der Waals surface area contributed by atoms with Crippen molar-refractivity contribution in [3.63, 3.8) is 0 Å². The van der Waals surface area contributed by atoms with E-state index < -0.39 is 0 Å². The Morgan fingerprint density at radius 2 is 1.89 bits per heavy atom. The fourth-order valence-corrected chi connectivity index (χ4v) is 4.35. The average Bonchev–Trinajstić information content (AvgIpc) is 3.00. The predicted molar refractivity (Wildman–Crippen MR) is 109 cm³/mol. The van der Waals surface area contributed by atoms with Gasteiger partial charge < -0.3 is 5.32 Å². The van der Waals surface area contributed by atoms with Crippen molar-refractivity contribution >= 4 is 17.5 Å². The maximum Gasteiger partial charge on any atom is 0.260 e. The van der Waals surface area contributed by atoms with E-state index in [2.05, 4.69) is 10.3 Å². The van der Waals surface area contributed by atoms with Crippen LogP contribution in [-0.4, -0.2) is 23.3 Å². The van der Waals surface area contributed by atoms with Crippen LogP contribution in [0.5, 0.6) is 0 Å². The lowest BCUT2D eigenvalue weighted by molar-refractivity contribution is -0.121. The van der Waals surface area contributed by atoms with Crippen molar-refractivity contribution in [3.8, 4) is 0 Å². The minimum atomic E-state index is -0.363. The highest BCUT2D eigenvalue weighted by Crippen LogP contribution is 2.38. The quantitative estimate of drug-likeness (QED) is 0.850. The van der Waals surface area contributed by atoms with E-state index in [4.69, 9.17) is 0 Å². The first-order valence-electron chi connectivity index (χ1n) is 10.3. The zero-order valence-electron chi connectivity index (χ0n) is 16.4. The Hall–Kier alpha value is -2.69. The van der Waals surface area contributed by atoms with Gasteiger partial charge in [0.1, 0.15) is 0 Å². The summed E-state index contributed by atoms with van der Waals surface area (Å²) in [5.41, 5.74) is 3.22. The monoisotopic (exact) mass is 377 g/mol. The molecule has 1 aliphatic heterocycles. The largest absolute Gasteiger partial charge is 0.356 e. The van der Waals surface area contributed by atoms with E-state index in [1.807, 2.05) is 31.2 Å². The molecule has 1 fully saturated rings. The second kappa shape index (κ2) is 8.13. The molecule has 1 saturated carbocycles. The number of carbonyl (C=O) groups excluding carboxylic acids is 2. The SMILES string of the molecule is Cc1ccc(N2C(=O)c3cccnc3C2CC(=O)NCC2CCCCC2)cc1. The van der Waals surface area contributed by atoms with Gasteiger partial charge in [-0.15, -0.1) is 0 Å². The minimum Gasteiger partial charge on any atom is -0.356 e. The molecule has 1 atom stereocenters. The summed E-state index contributed by atoms with van der Waals surface area (Å²) >= 11 is 0. The van der Waals surface area contributed by atoms with E-state index >= 15 is 0 Å². The first-order chi connectivity index (χ1) is 13.6. The molecule has 1 aliphatic carbocycles. The molecule has 1 unspecified atom stereocenters. The van der Waals surface area contributed by atoms with Crippen LogP contribution in [0.3, 0.4) is 0 Å². The Morgan fingerprint density at radius 1 is 1.14 bits per heavy atom. The fraction of sp³-hybridized carbons (Fsp3) is 0.435. The van der Waals surface area contributed by atoms with E-state index in [0.717, 1.165) is 17.8 Å². The molecule has 0 saturated heterocycles. The van der Waals surface area contributed by atoms with Crippen molar-refractivity contribution in [2.45, 2.75) is 51.5 Å². The molecule has 2 amide bonds. The fourth-order valence-electron chi connectivity index (χ4n) is 4.35. The number of hydrogen-bond acceptors (Lipinski definition) is 3. The summed E-state index contributed by atoms with van der Waals surface area (Å²) in [6.45, 7) is 2.75.